The zero-order valence-electron chi connectivity index (χ0n) is 14.1. The molecular formula is C19H23NO2S. The van der Waals surface area contributed by atoms with Crippen molar-refractivity contribution < 1.29 is 9.53 Å². The smallest absolute Gasteiger partial charge is 0.255 e. The van der Waals surface area contributed by atoms with E-state index in [1.54, 1.807) is 18.9 Å². The summed E-state index contributed by atoms with van der Waals surface area (Å²) in [7, 11) is 1.65. The number of hydrogen-bond acceptors (Lipinski definition) is 3. The van der Waals surface area contributed by atoms with Gasteiger partial charge in [-0.1, -0.05) is 24.3 Å². The van der Waals surface area contributed by atoms with Gasteiger partial charge >= 0.3 is 0 Å². The first kappa shape index (κ1) is 17.4. The molecule has 0 fully saturated rings. The fourth-order valence-corrected chi connectivity index (χ4v) is 3.24. The Balaban J connectivity index is 2.32. The van der Waals surface area contributed by atoms with Gasteiger partial charge in [0.15, 0.2) is 0 Å². The maximum Gasteiger partial charge on any atom is 0.255 e. The van der Waals surface area contributed by atoms with Crippen molar-refractivity contribution >= 4 is 17.7 Å². The van der Waals surface area contributed by atoms with Crippen LogP contribution in [0.1, 0.15) is 35.8 Å². The molecule has 2 aromatic carbocycles. The summed E-state index contributed by atoms with van der Waals surface area (Å²) in [5, 5.41) is 0. The van der Waals surface area contributed by atoms with E-state index in [0.29, 0.717) is 6.54 Å². The third-order valence-corrected chi connectivity index (χ3v) is 4.78. The van der Waals surface area contributed by atoms with Crippen LogP contribution < -0.4 is 4.74 Å². The molecule has 122 valence electrons. The van der Waals surface area contributed by atoms with Crippen LogP contribution in [-0.2, 0) is 0 Å². The number of ether oxygens (including phenoxy) is 1. The summed E-state index contributed by atoms with van der Waals surface area (Å²) in [6, 6.07) is 15.6. The number of rotatable bonds is 6. The van der Waals surface area contributed by atoms with Gasteiger partial charge in [-0.3, -0.25) is 4.79 Å². The minimum absolute atomic E-state index is 0.0162. The Bertz CT molecular complexity index is 672. The van der Waals surface area contributed by atoms with Crippen LogP contribution in [0.5, 0.6) is 5.75 Å². The highest BCUT2D eigenvalue weighted by Crippen LogP contribution is 2.28. The zero-order chi connectivity index (χ0) is 16.8. The molecule has 0 aliphatic rings. The molecule has 0 spiro atoms. The summed E-state index contributed by atoms with van der Waals surface area (Å²) in [5.41, 5.74) is 1.83. The van der Waals surface area contributed by atoms with Gasteiger partial charge in [-0.15, -0.1) is 11.8 Å². The molecule has 2 rings (SSSR count). The van der Waals surface area contributed by atoms with E-state index >= 15 is 0 Å². The van der Waals surface area contributed by atoms with Crippen LogP contribution in [0.2, 0.25) is 0 Å². The van der Waals surface area contributed by atoms with Crippen molar-refractivity contribution in [2.45, 2.75) is 24.8 Å². The molecule has 0 aliphatic heterocycles. The third kappa shape index (κ3) is 3.88. The summed E-state index contributed by atoms with van der Waals surface area (Å²) < 4.78 is 5.29. The average Bonchev–Trinajstić information content (AvgIpc) is 2.62. The van der Waals surface area contributed by atoms with E-state index in [2.05, 4.69) is 6.92 Å². The Morgan fingerprint density at radius 3 is 2.61 bits per heavy atom. The Hall–Kier alpha value is -1.94. The molecule has 4 heteroatoms. The lowest BCUT2D eigenvalue weighted by atomic mass is 10.0. The summed E-state index contributed by atoms with van der Waals surface area (Å²) >= 11 is 1.60. The minimum atomic E-state index is -0.0162. The molecule has 0 bridgehead atoms. The number of methoxy groups -OCH3 is 1. The summed E-state index contributed by atoms with van der Waals surface area (Å²) in [6.45, 7) is 4.72. The van der Waals surface area contributed by atoms with Gasteiger partial charge in [0.25, 0.3) is 5.91 Å². The molecular weight excluding hydrogens is 306 g/mol. The lowest BCUT2D eigenvalue weighted by Gasteiger charge is -2.29. The van der Waals surface area contributed by atoms with Crippen LogP contribution in [0.25, 0.3) is 0 Å². The molecule has 0 saturated carbocycles. The van der Waals surface area contributed by atoms with Crippen molar-refractivity contribution in [3.8, 4) is 5.75 Å². The Labute approximate surface area is 142 Å². The molecule has 23 heavy (non-hydrogen) atoms. The van der Waals surface area contributed by atoms with Gasteiger partial charge in [-0.25, -0.2) is 0 Å². The number of carbonyl (C=O) groups excluding carboxylic acids is 1. The van der Waals surface area contributed by atoms with Crippen LogP contribution in [0, 0.1) is 0 Å². The standard InChI is InChI=1S/C19H23NO2S/c1-5-20(14(2)15-9-8-10-16(13-15)22-3)19(21)17-11-6-7-12-18(17)23-4/h6-14H,5H2,1-4H3. The number of carbonyl (C=O) groups is 1. The van der Waals surface area contributed by atoms with E-state index in [4.69, 9.17) is 4.74 Å². The Morgan fingerprint density at radius 2 is 1.96 bits per heavy atom. The fraction of sp³-hybridized carbons (Fsp3) is 0.316. The number of hydrogen-bond donors (Lipinski definition) is 0. The van der Waals surface area contributed by atoms with Crippen molar-refractivity contribution in [2.24, 2.45) is 0 Å². The molecule has 0 saturated heterocycles. The average molecular weight is 329 g/mol. The first-order valence-electron chi connectivity index (χ1n) is 7.70. The maximum atomic E-state index is 13.0. The largest absolute Gasteiger partial charge is 0.497 e. The molecule has 1 amide bonds. The maximum absolute atomic E-state index is 13.0. The number of amides is 1. The molecule has 0 heterocycles. The lowest BCUT2D eigenvalue weighted by molar-refractivity contribution is 0.0698. The van der Waals surface area contributed by atoms with Gasteiger partial charge in [0.1, 0.15) is 5.75 Å². The minimum Gasteiger partial charge on any atom is -0.497 e. The molecule has 3 nitrogen and oxygen atoms in total. The second-order valence-corrected chi connectivity index (χ2v) is 6.09. The van der Waals surface area contributed by atoms with E-state index in [0.717, 1.165) is 21.8 Å². The zero-order valence-corrected chi connectivity index (χ0v) is 14.9. The Morgan fingerprint density at radius 1 is 1.22 bits per heavy atom. The molecule has 0 aromatic heterocycles. The Kier molecular flexibility index (Phi) is 6.11. The summed E-state index contributed by atoms with van der Waals surface area (Å²) in [6.07, 6.45) is 1.99. The SMILES string of the molecule is CCN(C(=O)c1ccccc1SC)C(C)c1cccc(OC)c1. The van der Waals surface area contributed by atoms with E-state index < -0.39 is 0 Å². The van der Waals surface area contributed by atoms with Gasteiger partial charge < -0.3 is 9.64 Å². The highest BCUT2D eigenvalue weighted by atomic mass is 32.2. The van der Waals surface area contributed by atoms with Crippen LogP contribution in [0.3, 0.4) is 0 Å². The molecule has 0 N–H and O–H groups in total. The van der Waals surface area contributed by atoms with Crippen LogP contribution in [0.4, 0.5) is 0 Å². The van der Waals surface area contributed by atoms with E-state index in [1.807, 2.05) is 66.6 Å². The van der Waals surface area contributed by atoms with Crippen LogP contribution >= 0.6 is 11.8 Å². The highest BCUT2D eigenvalue weighted by molar-refractivity contribution is 7.98. The second kappa shape index (κ2) is 8.06. The molecule has 0 aliphatic carbocycles. The van der Waals surface area contributed by atoms with Crippen molar-refractivity contribution in [3.63, 3.8) is 0 Å². The van der Waals surface area contributed by atoms with Crippen molar-refractivity contribution in [1.82, 2.24) is 4.90 Å². The summed E-state index contributed by atoms with van der Waals surface area (Å²) in [5.74, 6) is 0.870. The predicted octanol–water partition coefficient (Wildman–Crippen LogP) is 4.64. The van der Waals surface area contributed by atoms with Crippen LogP contribution in [0.15, 0.2) is 53.4 Å². The number of nitrogens with zero attached hydrogens (tertiary/aromatic N) is 1. The van der Waals surface area contributed by atoms with Crippen molar-refractivity contribution in [1.29, 1.82) is 0 Å². The van der Waals surface area contributed by atoms with E-state index in [9.17, 15) is 4.79 Å². The quantitative estimate of drug-likeness (QED) is 0.723. The second-order valence-electron chi connectivity index (χ2n) is 5.24. The van der Waals surface area contributed by atoms with Gasteiger partial charge in [0.05, 0.1) is 18.7 Å². The van der Waals surface area contributed by atoms with Crippen molar-refractivity contribution in [3.05, 3.63) is 59.7 Å². The lowest BCUT2D eigenvalue weighted by Crippen LogP contribution is -2.33. The van der Waals surface area contributed by atoms with Crippen molar-refractivity contribution in [2.75, 3.05) is 19.9 Å². The van der Waals surface area contributed by atoms with Gasteiger partial charge in [0.2, 0.25) is 0 Å². The first-order chi connectivity index (χ1) is 11.1. The molecule has 0 radical (unpaired) electrons. The highest BCUT2D eigenvalue weighted by Gasteiger charge is 2.23. The monoisotopic (exact) mass is 329 g/mol. The van der Waals surface area contributed by atoms with E-state index in [-0.39, 0.29) is 11.9 Å². The normalized spacial score (nSPS) is 11.8. The predicted molar refractivity (Wildman–Crippen MR) is 96.3 cm³/mol. The fourth-order valence-electron chi connectivity index (χ4n) is 2.65. The van der Waals surface area contributed by atoms with Gasteiger partial charge in [-0.2, -0.15) is 0 Å². The van der Waals surface area contributed by atoms with Gasteiger partial charge in [-0.05, 0) is 49.9 Å². The van der Waals surface area contributed by atoms with Gasteiger partial charge in [0, 0.05) is 11.4 Å². The summed E-state index contributed by atoms with van der Waals surface area (Å²) in [4.78, 5) is 15.9. The number of benzene rings is 2. The first-order valence-corrected chi connectivity index (χ1v) is 8.92. The molecule has 1 atom stereocenters. The van der Waals surface area contributed by atoms with E-state index in [1.165, 1.54) is 0 Å². The van der Waals surface area contributed by atoms with Crippen LogP contribution in [-0.4, -0.2) is 30.7 Å². The molecule has 1 unspecified atom stereocenters. The third-order valence-electron chi connectivity index (χ3n) is 3.98. The number of thioether (sulfide) groups is 1. The molecule has 2 aromatic rings. The topological polar surface area (TPSA) is 29.5 Å².